The maximum absolute atomic E-state index is 6.50. The summed E-state index contributed by atoms with van der Waals surface area (Å²) in [5.41, 5.74) is 2.24. The van der Waals surface area contributed by atoms with Crippen LogP contribution >= 0.6 is 0 Å². The maximum Gasteiger partial charge on any atom is 0.221 e. The number of nitrogens with zero attached hydrogens (tertiary/aromatic N) is 4. The Kier molecular flexibility index (Phi) is 17.7. The maximum atomic E-state index is 6.50. The fourth-order valence-electron chi connectivity index (χ4n) is 6.62. The van der Waals surface area contributed by atoms with E-state index in [4.69, 9.17) is 19.4 Å². The summed E-state index contributed by atoms with van der Waals surface area (Å²) in [7, 11) is 9.44. The second-order valence-corrected chi connectivity index (χ2v) is 13.8. The normalized spacial score (nSPS) is 11.8. The van der Waals surface area contributed by atoms with E-state index in [1.54, 1.807) is 0 Å². The molecular formula is C39H58I2N4O2. The summed E-state index contributed by atoms with van der Waals surface area (Å²) in [6.45, 7) is 9.79. The van der Waals surface area contributed by atoms with Gasteiger partial charge in [0.1, 0.15) is 26.3 Å². The number of pyridine rings is 2. The van der Waals surface area contributed by atoms with Gasteiger partial charge >= 0.3 is 0 Å². The number of aryl methyl sites for hydroxylation is 2. The van der Waals surface area contributed by atoms with Gasteiger partial charge in [0.2, 0.25) is 17.9 Å². The number of likely N-dealkylation sites (N-methyl/N-ethyl adjacent to an activating group) is 2. The van der Waals surface area contributed by atoms with E-state index >= 15 is 0 Å². The highest BCUT2D eigenvalue weighted by atomic mass is 127. The third-order valence-corrected chi connectivity index (χ3v) is 9.33. The monoisotopic (exact) mass is 868 g/mol. The molecule has 8 heteroatoms. The first-order valence-corrected chi connectivity index (χ1v) is 17.4. The first kappa shape index (κ1) is 41.4. The van der Waals surface area contributed by atoms with Crippen molar-refractivity contribution in [3.05, 3.63) is 72.1 Å². The van der Waals surface area contributed by atoms with Crippen LogP contribution in [0.4, 0.5) is 0 Å². The molecule has 0 aliphatic heterocycles. The molecule has 0 bridgehead atoms. The van der Waals surface area contributed by atoms with Crippen molar-refractivity contribution in [3.8, 4) is 11.8 Å². The zero-order valence-electron chi connectivity index (χ0n) is 29.9. The third-order valence-electron chi connectivity index (χ3n) is 9.33. The van der Waals surface area contributed by atoms with Gasteiger partial charge in [-0.15, -0.1) is 0 Å². The van der Waals surface area contributed by atoms with Crippen LogP contribution in [0, 0.1) is 0 Å². The van der Waals surface area contributed by atoms with Crippen molar-refractivity contribution < 1.29 is 66.4 Å². The van der Waals surface area contributed by atoms with Crippen LogP contribution in [0.3, 0.4) is 0 Å². The van der Waals surface area contributed by atoms with Gasteiger partial charge in [0, 0.05) is 22.2 Å². The van der Waals surface area contributed by atoms with Crippen molar-refractivity contribution >= 4 is 21.5 Å². The van der Waals surface area contributed by atoms with Gasteiger partial charge in [-0.3, -0.25) is 8.97 Å². The molecule has 0 fully saturated rings. The fraction of sp³-hybridized carbons (Fsp3) is 0.538. The van der Waals surface area contributed by atoms with Crippen molar-refractivity contribution in [1.82, 2.24) is 9.97 Å². The second kappa shape index (κ2) is 20.0. The van der Waals surface area contributed by atoms with Crippen molar-refractivity contribution in [2.75, 3.05) is 54.5 Å². The van der Waals surface area contributed by atoms with Gasteiger partial charge < -0.3 is 57.4 Å². The lowest BCUT2D eigenvalue weighted by molar-refractivity contribution is -1.10. The predicted molar refractivity (Wildman–Crippen MR) is 189 cm³/mol. The van der Waals surface area contributed by atoms with Gasteiger partial charge in [-0.05, 0) is 67.1 Å². The topological polar surface area (TPSA) is 44.2 Å². The number of halogens is 2. The van der Waals surface area contributed by atoms with E-state index in [-0.39, 0.29) is 48.0 Å². The number of aromatic nitrogens is 2. The molecular weight excluding hydrogens is 810 g/mol. The molecule has 0 saturated heterocycles. The highest BCUT2D eigenvalue weighted by Gasteiger charge is 2.41. The van der Waals surface area contributed by atoms with E-state index < -0.39 is 0 Å². The minimum atomic E-state index is 0. The van der Waals surface area contributed by atoms with Crippen molar-refractivity contribution in [3.63, 3.8) is 0 Å². The van der Waals surface area contributed by atoms with Crippen LogP contribution in [-0.2, 0) is 12.8 Å². The zero-order valence-corrected chi connectivity index (χ0v) is 34.2. The number of rotatable bonds is 19. The van der Waals surface area contributed by atoms with Gasteiger partial charge in [-0.25, -0.2) is 9.97 Å². The number of hydrogen-bond acceptors (Lipinski definition) is 4. The van der Waals surface area contributed by atoms with Crippen LogP contribution in [0.2, 0.25) is 0 Å². The molecule has 0 N–H and O–H groups in total. The Balaban J connectivity index is 0.00000384. The van der Waals surface area contributed by atoms with Crippen LogP contribution in [-0.4, -0.2) is 79.6 Å². The summed E-state index contributed by atoms with van der Waals surface area (Å²) in [6.07, 6.45) is 10.5. The molecule has 2 aromatic carbocycles. The Hall–Kier alpha value is -1.76. The van der Waals surface area contributed by atoms with Crippen LogP contribution in [0.5, 0.6) is 11.8 Å². The smallest absolute Gasteiger partial charge is 0.221 e. The largest absolute Gasteiger partial charge is 1.00 e. The Labute approximate surface area is 318 Å². The number of benzene rings is 2. The molecule has 2 aromatic heterocycles. The predicted octanol–water partition coefficient (Wildman–Crippen LogP) is 2.60. The zero-order chi connectivity index (χ0) is 32.3. The standard InChI is InChI=1S/C39H58N4O2.2HI/c1-8-11-20-33-29-31-18-14-16-22-35(31)38(40-33)44-27-25-42(4,5)37(24-13-10-3)43(6,7)26-28-45-39-36-23-17-15-19-32(36)30-34(41-39)21-12-9-2;;/h14-19,22-23,29-30,37H,8-13,20-21,24-28H2,1-7H3;2*1H/q+2;;/p-2. The summed E-state index contributed by atoms with van der Waals surface area (Å²) >= 11 is 0. The molecule has 0 amide bonds. The summed E-state index contributed by atoms with van der Waals surface area (Å²) < 4.78 is 14.7. The lowest BCUT2D eigenvalue weighted by atomic mass is 10.1. The molecule has 47 heavy (non-hydrogen) atoms. The summed E-state index contributed by atoms with van der Waals surface area (Å²) in [4.78, 5) is 9.92. The summed E-state index contributed by atoms with van der Waals surface area (Å²) in [6, 6.07) is 21.4. The SMILES string of the molecule is CCCCc1cc2ccccc2c(OCC[N+](C)(C)C(CCCC)[N+](C)(C)CCOc2nc(CCCC)cc3ccccc23)n1.[I-].[I-]. The first-order valence-electron chi connectivity index (χ1n) is 17.4. The van der Waals surface area contributed by atoms with Gasteiger partial charge in [-0.1, -0.05) is 76.4 Å². The quantitative estimate of drug-likeness (QED) is 0.0828. The van der Waals surface area contributed by atoms with Crippen molar-refractivity contribution in [1.29, 1.82) is 0 Å². The molecule has 260 valence electrons. The van der Waals surface area contributed by atoms with Crippen LogP contribution in [0.1, 0.15) is 77.1 Å². The number of ether oxygens (including phenoxy) is 2. The number of unbranched alkanes of at least 4 members (excludes halogenated alkanes) is 3. The van der Waals surface area contributed by atoms with E-state index in [0.29, 0.717) is 19.4 Å². The molecule has 0 spiro atoms. The number of fused-ring (bicyclic) bond motifs is 2. The highest BCUT2D eigenvalue weighted by molar-refractivity contribution is 5.87. The van der Waals surface area contributed by atoms with E-state index in [1.165, 1.54) is 23.6 Å². The molecule has 4 rings (SSSR count). The van der Waals surface area contributed by atoms with Gasteiger partial charge in [-0.2, -0.15) is 0 Å². The molecule has 4 aromatic rings. The van der Waals surface area contributed by atoms with Crippen LogP contribution in [0.15, 0.2) is 60.7 Å². The minimum Gasteiger partial charge on any atom is -1.00 e. The average molecular weight is 869 g/mol. The number of quaternary nitrogens is 2. The summed E-state index contributed by atoms with van der Waals surface area (Å²) in [5, 5.41) is 4.61. The van der Waals surface area contributed by atoms with E-state index in [2.05, 4.69) is 110 Å². The summed E-state index contributed by atoms with van der Waals surface area (Å²) in [5.74, 6) is 1.54. The van der Waals surface area contributed by atoms with Gasteiger partial charge in [0.05, 0.1) is 34.6 Å². The molecule has 0 aliphatic rings. The van der Waals surface area contributed by atoms with Crippen LogP contribution in [0.25, 0.3) is 21.5 Å². The van der Waals surface area contributed by atoms with Crippen molar-refractivity contribution in [2.45, 2.75) is 84.7 Å². The second-order valence-electron chi connectivity index (χ2n) is 13.8. The lowest BCUT2D eigenvalue weighted by Crippen LogP contribution is -3.00. The van der Waals surface area contributed by atoms with Gasteiger partial charge in [0.25, 0.3) is 0 Å². The van der Waals surface area contributed by atoms with Crippen molar-refractivity contribution in [2.24, 2.45) is 0 Å². The average Bonchev–Trinajstić information content (AvgIpc) is 3.02. The third kappa shape index (κ3) is 11.7. The molecule has 6 nitrogen and oxygen atoms in total. The Morgan fingerprint density at radius 1 is 0.596 bits per heavy atom. The number of hydrogen-bond donors (Lipinski definition) is 0. The lowest BCUT2D eigenvalue weighted by Gasteiger charge is -2.46. The fourth-order valence-corrected chi connectivity index (χ4v) is 6.62. The van der Waals surface area contributed by atoms with Gasteiger partial charge in [0.15, 0.2) is 0 Å². The van der Waals surface area contributed by atoms with E-state index in [9.17, 15) is 0 Å². The molecule has 2 heterocycles. The molecule has 0 unspecified atom stereocenters. The molecule has 0 atom stereocenters. The first-order chi connectivity index (χ1) is 21.7. The minimum absolute atomic E-state index is 0. The Morgan fingerprint density at radius 3 is 1.40 bits per heavy atom. The molecule has 0 saturated carbocycles. The Morgan fingerprint density at radius 2 is 1.00 bits per heavy atom. The molecule has 0 radical (unpaired) electrons. The van der Waals surface area contributed by atoms with Crippen LogP contribution < -0.4 is 57.4 Å². The Bertz CT molecular complexity index is 1400. The highest BCUT2D eigenvalue weighted by Crippen LogP contribution is 2.28. The molecule has 0 aliphatic carbocycles. The van der Waals surface area contributed by atoms with E-state index in [0.717, 1.165) is 101 Å². The van der Waals surface area contributed by atoms with E-state index in [1.807, 2.05) is 0 Å².